The van der Waals surface area contributed by atoms with Crippen LogP contribution in [0.25, 0.3) is 0 Å². The number of likely N-dealkylation sites (tertiary alicyclic amines) is 1. The molecule has 5 nitrogen and oxygen atoms in total. The average Bonchev–Trinajstić information content (AvgIpc) is 2.52. The first kappa shape index (κ1) is 12.5. The average molecular weight is 240 g/mol. The fourth-order valence-electron chi connectivity index (χ4n) is 2.71. The summed E-state index contributed by atoms with van der Waals surface area (Å²) >= 11 is 0. The first-order valence-electron chi connectivity index (χ1n) is 6.33. The van der Waals surface area contributed by atoms with Crippen molar-refractivity contribution in [1.29, 1.82) is 0 Å². The number of rotatable bonds is 2. The minimum atomic E-state index is -0.489. The summed E-state index contributed by atoms with van der Waals surface area (Å²) in [5.74, 6) is -0.111. The molecular weight excluding hydrogens is 220 g/mol. The molecule has 0 aromatic carbocycles. The zero-order valence-corrected chi connectivity index (χ0v) is 10.1. The third-order valence-corrected chi connectivity index (χ3v) is 3.81. The van der Waals surface area contributed by atoms with Gasteiger partial charge in [-0.3, -0.25) is 14.5 Å². The Balaban J connectivity index is 2.25. The maximum Gasteiger partial charge on any atom is 0.229 e. The summed E-state index contributed by atoms with van der Waals surface area (Å²) in [7, 11) is 0. The Morgan fingerprint density at radius 3 is 2.12 bits per heavy atom. The van der Waals surface area contributed by atoms with Gasteiger partial charge in [-0.25, -0.2) is 0 Å². The van der Waals surface area contributed by atoms with Gasteiger partial charge in [0.25, 0.3) is 0 Å². The summed E-state index contributed by atoms with van der Waals surface area (Å²) in [6.07, 6.45) is 3.88. The Labute approximate surface area is 101 Å². The standard InChI is InChI=1S/C12H20N2O3/c13-9-12(5-7-17-8-6-12)14-10(15)3-1-2-4-11(14)16/h1-9,13H2. The molecule has 2 aliphatic rings. The lowest BCUT2D eigenvalue weighted by atomic mass is 9.87. The zero-order chi connectivity index (χ0) is 12.3. The second kappa shape index (κ2) is 5.14. The summed E-state index contributed by atoms with van der Waals surface area (Å²) in [6.45, 7) is 1.50. The molecule has 5 heteroatoms. The fourth-order valence-corrected chi connectivity index (χ4v) is 2.71. The van der Waals surface area contributed by atoms with E-state index in [1.165, 1.54) is 4.90 Å². The number of hydrogen-bond acceptors (Lipinski definition) is 4. The lowest BCUT2D eigenvalue weighted by Crippen LogP contribution is -2.60. The quantitative estimate of drug-likeness (QED) is 0.710. The summed E-state index contributed by atoms with van der Waals surface area (Å²) < 4.78 is 5.31. The van der Waals surface area contributed by atoms with Crippen LogP contribution >= 0.6 is 0 Å². The molecule has 2 rings (SSSR count). The topological polar surface area (TPSA) is 72.6 Å². The van der Waals surface area contributed by atoms with Crippen LogP contribution in [-0.2, 0) is 14.3 Å². The third-order valence-electron chi connectivity index (χ3n) is 3.81. The molecule has 0 aliphatic carbocycles. The maximum atomic E-state index is 12.1. The number of amides is 2. The van der Waals surface area contributed by atoms with Gasteiger partial charge in [0, 0.05) is 32.6 Å². The summed E-state index contributed by atoms with van der Waals surface area (Å²) in [5, 5.41) is 0. The Morgan fingerprint density at radius 2 is 1.65 bits per heavy atom. The molecular formula is C12H20N2O3. The van der Waals surface area contributed by atoms with E-state index in [9.17, 15) is 9.59 Å². The molecule has 0 aromatic heterocycles. The minimum Gasteiger partial charge on any atom is -0.381 e. The van der Waals surface area contributed by atoms with Gasteiger partial charge < -0.3 is 10.5 Å². The number of carbonyl (C=O) groups excluding carboxylic acids is 2. The summed E-state index contributed by atoms with van der Waals surface area (Å²) in [4.78, 5) is 25.7. The number of ether oxygens (including phenoxy) is 1. The van der Waals surface area contributed by atoms with E-state index < -0.39 is 5.54 Å². The molecule has 96 valence electrons. The molecule has 0 atom stereocenters. The minimum absolute atomic E-state index is 0.0557. The van der Waals surface area contributed by atoms with Crippen LogP contribution in [0.1, 0.15) is 38.5 Å². The molecule has 0 unspecified atom stereocenters. The maximum absolute atomic E-state index is 12.1. The first-order chi connectivity index (χ1) is 8.19. The van der Waals surface area contributed by atoms with Crippen LogP contribution in [0.5, 0.6) is 0 Å². The van der Waals surface area contributed by atoms with E-state index >= 15 is 0 Å². The van der Waals surface area contributed by atoms with Crippen LogP contribution in [0.15, 0.2) is 0 Å². The van der Waals surface area contributed by atoms with Crippen LogP contribution in [0.2, 0.25) is 0 Å². The van der Waals surface area contributed by atoms with Crippen LogP contribution in [0, 0.1) is 0 Å². The van der Waals surface area contributed by atoms with Gasteiger partial charge in [-0.15, -0.1) is 0 Å². The largest absolute Gasteiger partial charge is 0.381 e. The summed E-state index contributed by atoms with van der Waals surface area (Å²) in [6, 6.07) is 0. The number of nitrogens with zero attached hydrogens (tertiary/aromatic N) is 1. The Morgan fingerprint density at radius 1 is 1.12 bits per heavy atom. The van der Waals surface area contributed by atoms with Crippen molar-refractivity contribution in [3.63, 3.8) is 0 Å². The fraction of sp³-hybridized carbons (Fsp3) is 0.833. The first-order valence-corrected chi connectivity index (χ1v) is 6.33. The van der Waals surface area contributed by atoms with Crippen molar-refractivity contribution >= 4 is 11.8 Å². The van der Waals surface area contributed by atoms with Crippen molar-refractivity contribution in [3.05, 3.63) is 0 Å². The Kier molecular flexibility index (Phi) is 3.79. The molecule has 2 heterocycles. The Hall–Kier alpha value is -0.940. The molecule has 0 bridgehead atoms. The molecule has 0 aromatic rings. The predicted molar refractivity (Wildman–Crippen MR) is 62.2 cm³/mol. The zero-order valence-electron chi connectivity index (χ0n) is 10.1. The highest BCUT2D eigenvalue weighted by atomic mass is 16.5. The van der Waals surface area contributed by atoms with Crippen molar-refractivity contribution in [2.45, 2.75) is 44.1 Å². The second-order valence-corrected chi connectivity index (χ2v) is 4.87. The van der Waals surface area contributed by atoms with Crippen LogP contribution in [0.3, 0.4) is 0 Å². The van der Waals surface area contributed by atoms with E-state index in [1.54, 1.807) is 0 Å². The Bertz CT molecular complexity index is 293. The highest BCUT2D eigenvalue weighted by molar-refractivity contribution is 5.97. The summed E-state index contributed by atoms with van der Waals surface area (Å²) in [5.41, 5.74) is 5.35. The van der Waals surface area contributed by atoms with Crippen molar-refractivity contribution in [3.8, 4) is 0 Å². The molecule has 2 aliphatic heterocycles. The molecule has 0 saturated carbocycles. The number of carbonyl (C=O) groups is 2. The van der Waals surface area contributed by atoms with E-state index in [1.807, 2.05) is 0 Å². The van der Waals surface area contributed by atoms with E-state index in [0.29, 0.717) is 45.4 Å². The van der Waals surface area contributed by atoms with Gasteiger partial charge in [-0.05, 0) is 25.7 Å². The monoisotopic (exact) mass is 240 g/mol. The lowest BCUT2D eigenvalue weighted by molar-refractivity contribution is -0.155. The molecule has 2 amide bonds. The van der Waals surface area contributed by atoms with Gasteiger partial charge in [-0.1, -0.05) is 0 Å². The molecule has 2 saturated heterocycles. The van der Waals surface area contributed by atoms with Crippen molar-refractivity contribution in [1.82, 2.24) is 4.90 Å². The van der Waals surface area contributed by atoms with Crippen molar-refractivity contribution < 1.29 is 14.3 Å². The van der Waals surface area contributed by atoms with Gasteiger partial charge in [0.05, 0.1) is 5.54 Å². The molecule has 2 fully saturated rings. The van der Waals surface area contributed by atoms with Crippen molar-refractivity contribution in [2.75, 3.05) is 19.8 Å². The van der Waals surface area contributed by atoms with Gasteiger partial charge in [0.15, 0.2) is 0 Å². The predicted octanol–water partition coefficient (Wildman–Crippen LogP) is 0.423. The van der Waals surface area contributed by atoms with E-state index in [4.69, 9.17) is 10.5 Å². The smallest absolute Gasteiger partial charge is 0.229 e. The van der Waals surface area contributed by atoms with Crippen LogP contribution < -0.4 is 5.73 Å². The molecule has 0 radical (unpaired) electrons. The van der Waals surface area contributed by atoms with Gasteiger partial charge in [0.2, 0.25) is 11.8 Å². The van der Waals surface area contributed by atoms with Gasteiger partial charge >= 0.3 is 0 Å². The number of imide groups is 1. The van der Waals surface area contributed by atoms with Crippen LogP contribution in [0.4, 0.5) is 0 Å². The van der Waals surface area contributed by atoms with E-state index in [-0.39, 0.29) is 11.8 Å². The van der Waals surface area contributed by atoms with E-state index in [2.05, 4.69) is 0 Å². The highest BCUT2D eigenvalue weighted by Gasteiger charge is 2.43. The van der Waals surface area contributed by atoms with Gasteiger partial charge in [-0.2, -0.15) is 0 Å². The number of nitrogens with two attached hydrogens (primary N) is 1. The SMILES string of the molecule is NCC1(N2C(=O)CCCCC2=O)CCOCC1. The number of hydrogen-bond donors (Lipinski definition) is 1. The second-order valence-electron chi connectivity index (χ2n) is 4.87. The van der Waals surface area contributed by atoms with Crippen LogP contribution in [-0.4, -0.2) is 42.0 Å². The lowest BCUT2D eigenvalue weighted by Gasteiger charge is -2.44. The molecule has 17 heavy (non-hydrogen) atoms. The van der Waals surface area contributed by atoms with Gasteiger partial charge in [0.1, 0.15) is 0 Å². The van der Waals surface area contributed by atoms with E-state index in [0.717, 1.165) is 12.8 Å². The third kappa shape index (κ3) is 2.35. The molecule has 0 spiro atoms. The highest BCUT2D eigenvalue weighted by Crippen LogP contribution is 2.30. The molecule has 2 N–H and O–H groups in total. The normalized spacial score (nSPS) is 25.8. The van der Waals surface area contributed by atoms with Crippen molar-refractivity contribution in [2.24, 2.45) is 5.73 Å².